The number of nitro benzene ring substituents is 1. The minimum absolute atomic E-state index is 0.0635. The molecule has 1 aliphatic rings. The lowest BCUT2D eigenvalue weighted by atomic mass is 9.93. The molecule has 0 saturated carbocycles. The molecule has 1 aromatic rings. The van der Waals surface area contributed by atoms with Crippen LogP contribution in [0.4, 0.5) is 10.5 Å². The van der Waals surface area contributed by atoms with E-state index in [1.54, 1.807) is 6.92 Å². The highest BCUT2D eigenvalue weighted by molar-refractivity contribution is 5.98. The van der Waals surface area contributed by atoms with Crippen molar-refractivity contribution in [1.29, 1.82) is 0 Å². The number of nitrogens with one attached hydrogen (secondary N) is 1. The zero-order valence-electron chi connectivity index (χ0n) is 11.5. The Hall–Kier alpha value is -2.74. The highest BCUT2D eigenvalue weighted by Crippen LogP contribution is 2.30. The molecule has 110 valence electrons. The molecule has 3 N–H and O–H groups in total. The van der Waals surface area contributed by atoms with Gasteiger partial charge in [0.1, 0.15) is 0 Å². The maximum absolute atomic E-state index is 11.8. The normalized spacial score (nSPS) is 18.5. The van der Waals surface area contributed by atoms with Gasteiger partial charge in [-0.2, -0.15) is 0 Å². The zero-order valence-corrected chi connectivity index (χ0v) is 11.5. The molecule has 21 heavy (non-hydrogen) atoms. The van der Waals surface area contributed by atoms with Crippen LogP contribution in [0.1, 0.15) is 25.5 Å². The molecule has 8 nitrogen and oxygen atoms in total. The number of hydrogen-bond donors (Lipinski definition) is 2. The number of Topliss-reactive ketones (excluding diaryl/α,β-unsaturated/α-hetero) is 1. The van der Waals surface area contributed by atoms with Crippen molar-refractivity contribution < 1.29 is 14.5 Å². The molecule has 0 spiro atoms. The Morgan fingerprint density at radius 3 is 2.43 bits per heavy atom. The van der Waals surface area contributed by atoms with Crippen LogP contribution in [-0.4, -0.2) is 21.7 Å². The number of benzene rings is 1. The van der Waals surface area contributed by atoms with Gasteiger partial charge in [-0.3, -0.25) is 14.9 Å². The Kier molecular flexibility index (Phi) is 3.72. The van der Waals surface area contributed by atoms with Crippen molar-refractivity contribution in [2.45, 2.75) is 19.9 Å². The molecule has 1 heterocycles. The lowest BCUT2D eigenvalue weighted by molar-refractivity contribution is -0.384. The number of nitro groups is 1. The molecule has 2 rings (SSSR count). The highest BCUT2D eigenvalue weighted by atomic mass is 16.6. The van der Waals surface area contributed by atoms with Crippen molar-refractivity contribution in [2.75, 3.05) is 0 Å². The van der Waals surface area contributed by atoms with Gasteiger partial charge in [-0.05, 0) is 31.5 Å². The van der Waals surface area contributed by atoms with Crippen LogP contribution in [0.25, 0.3) is 0 Å². The quantitative estimate of drug-likeness (QED) is 0.377. The van der Waals surface area contributed by atoms with Crippen molar-refractivity contribution in [1.82, 2.24) is 10.3 Å². The van der Waals surface area contributed by atoms with Gasteiger partial charge in [-0.1, -0.05) is 0 Å². The summed E-state index contributed by atoms with van der Waals surface area (Å²) in [6.45, 7) is 2.95. The van der Waals surface area contributed by atoms with Crippen molar-refractivity contribution >= 4 is 17.5 Å². The van der Waals surface area contributed by atoms with Crippen LogP contribution in [0.5, 0.6) is 0 Å². The minimum atomic E-state index is -0.671. The van der Waals surface area contributed by atoms with Crippen LogP contribution >= 0.6 is 0 Å². The third-order valence-corrected chi connectivity index (χ3v) is 3.34. The Bertz CT molecular complexity index is 651. The monoisotopic (exact) mass is 290 g/mol. The SMILES string of the molecule is CC(=O)C1=C(C)N(N)C(=O)N[C@H]1c1ccc([N+](=O)[O-])cc1. The number of rotatable bonds is 3. The van der Waals surface area contributed by atoms with Crippen LogP contribution in [0.3, 0.4) is 0 Å². The van der Waals surface area contributed by atoms with Crippen LogP contribution in [0.2, 0.25) is 0 Å². The summed E-state index contributed by atoms with van der Waals surface area (Å²) in [4.78, 5) is 33.7. The summed E-state index contributed by atoms with van der Waals surface area (Å²) >= 11 is 0. The molecule has 2 amide bonds. The molecule has 8 heteroatoms. The third-order valence-electron chi connectivity index (χ3n) is 3.34. The van der Waals surface area contributed by atoms with Crippen molar-refractivity contribution in [3.8, 4) is 0 Å². The van der Waals surface area contributed by atoms with Gasteiger partial charge >= 0.3 is 6.03 Å². The van der Waals surface area contributed by atoms with Gasteiger partial charge in [0.2, 0.25) is 0 Å². The molecule has 0 unspecified atom stereocenters. The van der Waals surface area contributed by atoms with Crippen molar-refractivity contribution in [3.63, 3.8) is 0 Å². The summed E-state index contributed by atoms with van der Waals surface area (Å²) in [6.07, 6.45) is 0. The van der Waals surface area contributed by atoms with Crippen LogP contribution < -0.4 is 11.2 Å². The fraction of sp³-hybridized carbons (Fsp3) is 0.231. The van der Waals surface area contributed by atoms with Crippen molar-refractivity contribution in [3.05, 3.63) is 51.2 Å². The number of amides is 2. The predicted octanol–water partition coefficient (Wildman–Crippen LogP) is 1.40. The summed E-state index contributed by atoms with van der Waals surface area (Å²) < 4.78 is 0. The molecule has 0 bridgehead atoms. The summed E-state index contributed by atoms with van der Waals surface area (Å²) in [6, 6.07) is 4.44. The van der Waals surface area contributed by atoms with E-state index in [4.69, 9.17) is 5.84 Å². The lowest BCUT2D eigenvalue weighted by Gasteiger charge is -2.32. The number of ketones is 1. The van der Waals surface area contributed by atoms with E-state index in [1.807, 2.05) is 0 Å². The number of carbonyl (C=O) groups is 2. The van der Waals surface area contributed by atoms with E-state index < -0.39 is 17.0 Å². The molecular formula is C13H14N4O4. The molecule has 0 fully saturated rings. The number of carbonyl (C=O) groups excluding carboxylic acids is 2. The number of hydrazine groups is 1. The average molecular weight is 290 g/mol. The van der Waals surface area contributed by atoms with Crippen LogP contribution in [0, 0.1) is 10.1 Å². The summed E-state index contributed by atoms with van der Waals surface area (Å²) in [5, 5.41) is 14.1. The number of nitrogens with two attached hydrogens (primary N) is 1. The second-order valence-corrected chi connectivity index (χ2v) is 4.66. The Morgan fingerprint density at radius 1 is 1.38 bits per heavy atom. The Balaban J connectivity index is 2.48. The van der Waals surface area contributed by atoms with Crippen LogP contribution in [0.15, 0.2) is 35.5 Å². The Morgan fingerprint density at radius 2 is 1.95 bits per heavy atom. The molecule has 0 aliphatic carbocycles. The maximum Gasteiger partial charge on any atom is 0.336 e. The van der Waals surface area contributed by atoms with E-state index in [2.05, 4.69) is 5.32 Å². The number of non-ortho nitro benzene ring substituents is 1. The molecule has 0 radical (unpaired) electrons. The van der Waals surface area contributed by atoms with Gasteiger partial charge in [0.25, 0.3) is 5.69 Å². The van der Waals surface area contributed by atoms with Gasteiger partial charge < -0.3 is 5.32 Å². The summed E-state index contributed by atoms with van der Waals surface area (Å²) in [5.74, 6) is 5.35. The number of hydrogen-bond acceptors (Lipinski definition) is 5. The van der Waals surface area contributed by atoms with E-state index in [0.717, 1.165) is 5.01 Å². The average Bonchev–Trinajstić information content (AvgIpc) is 2.44. The molecular weight excluding hydrogens is 276 g/mol. The molecule has 1 atom stereocenters. The molecule has 0 aromatic heterocycles. The van der Waals surface area contributed by atoms with E-state index >= 15 is 0 Å². The fourth-order valence-electron chi connectivity index (χ4n) is 2.25. The number of allylic oxidation sites excluding steroid dienone is 1. The van der Waals surface area contributed by atoms with E-state index in [1.165, 1.54) is 31.2 Å². The van der Waals surface area contributed by atoms with Gasteiger partial charge in [0.15, 0.2) is 5.78 Å². The second-order valence-electron chi connectivity index (χ2n) is 4.66. The van der Waals surface area contributed by atoms with Gasteiger partial charge in [0, 0.05) is 23.4 Å². The topological polar surface area (TPSA) is 119 Å². The van der Waals surface area contributed by atoms with E-state index in [-0.39, 0.29) is 11.5 Å². The van der Waals surface area contributed by atoms with Gasteiger partial charge in [0.05, 0.1) is 11.0 Å². The number of urea groups is 1. The summed E-state index contributed by atoms with van der Waals surface area (Å²) in [7, 11) is 0. The first-order chi connectivity index (χ1) is 9.82. The summed E-state index contributed by atoms with van der Waals surface area (Å²) in [5.41, 5.74) is 1.22. The predicted molar refractivity (Wildman–Crippen MR) is 73.8 cm³/mol. The molecule has 0 saturated heterocycles. The van der Waals surface area contributed by atoms with Gasteiger partial charge in [-0.25, -0.2) is 15.6 Å². The highest BCUT2D eigenvalue weighted by Gasteiger charge is 2.32. The first-order valence-electron chi connectivity index (χ1n) is 6.14. The molecule has 1 aliphatic heterocycles. The van der Waals surface area contributed by atoms with E-state index in [0.29, 0.717) is 16.8 Å². The van der Waals surface area contributed by atoms with Gasteiger partial charge in [-0.15, -0.1) is 0 Å². The van der Waals surface area contributed by atoms with Crippen molar-refractivity contribution in [2.24, 2.45) is 5.84 Å². The number of nitrogens with zero attached hydrogens (tertiary/aromatic N) is 2. The minimum Gasteiger partial charge on any atom is -0.325 e. The fourth-order valence-corrected chi connectivity index (χ4v) is 2.25. The molecule has 1 aromatic carbocycles. The first kappa shape index (κ1) is 14.7. The largest absolute Gasteiger partial charge is 0.336 e. The lowest BCUT2D eigenvalue weighted by Crippen LogP contribution is -2.50. The third kappa shape index (κ3) is 2.61. The smallest absolute Gasteiger partial charge is 0.325 e. The standard InChI is InChI=1S/C13H14N4O4/c1-7-11(8(2)18)12(15-13(19)16(7)14)9-3-5-10(6-4-9)17(20)21/h3-6,12H,14H2,1-2H3,(H,15,19)/t12-/m0/s1. The maximum atomic E-state index is 11.8. The second kappa shape index (κ2) is 5.33. The zero-order chi connectivity index (χ0) is 15.7. The first-order valence-corrected chi connectivity index (χ1v) is 6.14. The Labute approximate surface area is 120 Å². The van der Waals surface area contributed by atoms with E-state index in [9.17, 15) is 19.7 Å². The van der Waals surface area contributed by atoms with Crippen LogP contribution in [-0.2, 0) is 4.79 Å².